The Labute approximate surface area is 186 Å². The van der Waals surface area contributed by atoms with Crippen molar-refractivity contribution in [1.29, 1.82) is 0 Å². The summed E-state index contributed by atoms with van der Waals surface area (Å²) in [5.74, 6) is 1.27. The third kappa shape index (κ3) is 2.53. The van der Waals surface area contributed by atoms with Gasteiger partial charge in [-0.15, -0.1) is 0 Å². The van der Waals surface area contributed by atoms with Gasteiger partial charge in [-0.3, -0.25) is 0 Å². The quantitative estimate of drug-likeness (QED) is 0.295. The zero-order valence-corrected chi connectivity index (χ0v) is 17.5. The first kappa shape index (κ1) is 17.6. The molecule has 1 aromatic heterocycles. The van der Waals surface area contributed by atoms with E-state index in [0.29, 0.717) is 0 Å². The van der Waals surface area contributed by atoms with Gasteiger partial charge < -0.3 is 9.30 Å². The van der Waals surface area contributed by atoms with E-state index in [4.69, 9.17) is 4.74 Å². The molecule has 5 aromatic rings. The van der Waals surface area contributed by atoms with Crippen molar-refractivity contribution in [3.05, 3.63) is 121 Å². The Bertz CT molecular complexity index is 1550. The van der Waals surface area contributed by atoms with Gasteiger partial charge >= 0.3 is 0 Å². The van der Waals surface area contributed by atoms with Crippen LogP contribution in [0.25, 0.3) is 38.6 Å². The van der Waals surface area contributed by atoms with Gasteiger partial charge in [-0.1, -0.05) is 78.9 Å². The molecule has 0 N–H and O–H groups in total. The monoisotopic (exact) mass is 411 g/mol. The SMILES string of the molecule is C1=CC2Oc3ccc(-n4c5ccccc5c5ccc(-c6ccccc6)cc54)cc3C2C=C1. The largest absolute Gasteiger partial charge is 0.485 e. The van der Waals surface area contributed by atoms with Crippen LogP contribution in [-0.4, -0.2) is 10.7 Å². The summed E-state index contributed by atoms with van der Waals surface area (Å²) in [6.45, 7) is 0. The summed E-state index contributed by atoms with van der Waals surface area (Å²) in [5, 5.41) is 2.55. The molecule has 2 heteroatoms. The lowest BCUT2D eigenvalue weighted by Crippen LogP contribution is -2.15. The number of para-hydroxylation sites is 1. The Balaban J connectivity index is 1.48. The van der Waals surface area contributed by atoms with Crippen LogP contribution in [0.4, 0.5) is 0 Å². The average molecular weight is 412 g/mol. The number of nitrogens with zero attached hydrogens (tertiary/aromatic N) is 1. The summed E-state index contributed by atoms with van der Waals surface area (Å²) in [4.78, 5) is 0. The van der Waals surface area contributed by atoms with Crippen LogP contribution < -0.4 is 4.74 Å². The minimum atomic E-state index is 0.105. The zero-order valence-electron chi connectivity index (χ0n) is 17.5. The molecule has 2 unspecified atom stereocenters. The third-order valence-electron chi connectivity index (χ3n) is 6.74. The van der Waals surface area contributed by atoms with Crippen molar-refractivity contribution >= 4 is 21.8 Å². The Hall–Kier alpha value is -4.04. The third-order valence-corrected chi connectivity index (χ3v) is 6.74. The van der Waals surface area contributed by atoms with Crippen LogP contribution in [0.15, 0.2) is 115 Å². The van der Waals surface area contributed by atoms with E-state index in [9.17, 15) is 0 Å². The first-order valence-corrected chi connectivity index (χ1v) is 11.1. The first-order valence-electron chi connectivity index (χ1n) is 11.1. The number of ether oxygens (including phenoxy) is 1. The van der Waals surface area contributed by atoms with Crippen LogP contribution >= 0.6 is 0 Å². The van der Waals surface area contributed by atoms with Crippen molar-refractivity contribution in [3.63, 3.8) is 0 Å². The van der Waals surface area contributed by atoms with Gasteiger partial charge in [0.2, 0.25) is 0 Å². The van der Waals surface area contributed by atoms with Crippen LogP contribution in [0.2, 0.25) is 0 Å². The molecule has 2 atom stereocenters. The van der Waals surface area contributed by atoms with Crippen LogP contribution in [0.5, 0.6) is 5.75 Å². The second-order valence-electron chi connectivity index (χ2n) is 8.55. The Morgan fingerprint density at radius 1 is 0.625 bits per heavy atom. The summed E-state index contributed by atoms with van der Waals surface area (Å²) in [7, 11) is 0. The molecular weight excluding hydrogens is 390 g/mol. The minimum absolute atomic E-state index is 0.105. The number of rotatable bonds is 2. The van der Waals surface area contributed by atoms with Crippen molar-refractivity contribution in [2.24, 2.45) is 0 Å². The maximum Gasteiger partial charge on any atom is 0.128 e. The Morgan fingerprint density at radius 3 is 2.38 bits per heavy atom. The minimum Gasteiger partial charge on any atom is -0.485 e. The molecule has 0 saturated heterocycles. The summed E-state index contributed by atoms with van der Waals surface area (Å²) in [5.41, 5.74) is 7.34. The van der Waals surface area contributed by atoms with Crippen LogP contribution in [0.3, 0.4) is 0 Å². The highest BCUT2D eigenvalue weighted by molar-refractivity contribution is 6.10. The van der Waals surface area contributed by atoms with E-state index in [-0.39, 0.29) is 12.0 Å². The topological polar surface area (TPSA) is 14.2 Å². The number of allylic oxidation sites excluding steroid dienone is 2. The summed E-state index contributed by atoms with van der Waals surface area (Å²) >= 11 is 0. The molecule has 0 radical (unpaired) electrons. The summed E-state index contributed by atoms with van der Waals surface area (Å²) in [6.07, 6.45) is 8.70. The fraction of sp³-hybridized carbons (Fsp3) is 0.0667. The summed E-state index contributed by atoms with van der Waals surface area (Å²) in [6, 6.07) is 32.7. The summed E-state index contributed by atoms with van der Waals surface area (Å²) < 4.78 is 8.58. The highest BCUT2D eigenvalue weighted by atomic mass is 16.5. The normalized spacial score (nSPS) is 18.6. The second kappa shape index (κ2) is 6.73. The van der Waals surface area contributed by atoms with E-state index in [2.05, 4.69) is 120 Å². The van der Waals surface area contributed by atoms with Crippen molar-refractivity contribution in [2.45, 2.75) is 12.0 Å². The smallest absolute Gasteiger partial charge is 0.128 e. The molecule has 2 aliphatic rings. The van der Waals surface area contributed by atoms with Crippen LogP contribution in [0.1, 0.15) is 11.5 Å². The van der Waals surface area contributed by atoms with Gasteiger partial charge in [-0.05, 0) is 47.5 Å². The fourth-order valence-electron chi connectivity index (χ4n) is 5.23. The van der Waals surface area contributed by atoms with Crippen molar-refractivity contribution in [3.8, 4) is 22.6 Å². The molecule has 0 amide bonds. The molecule has 0 spiro atoms. The van der Waals surface area contributed by atoms with E-state index >= 15 is 0 Å². The molecule has 0 fully saturated rings. The molecule has 0 saturated carbocycles. The van der Waals surface area contributed by atoms with Crippen LogP contribution in [-0.2, 0) is 0 Å². The van der Waals surface area contributed by atoms with Gasteiger partial charge in [0.05, 0.1) is 11.0 Å². The molecule has 2 nitrogen and oxygen atoms in total. The second-order valence-corrected chi connectivity index (χ2v) is 8.55. The van der Waals surface area contributed by atoms with Crippen molar-refractivity contribution in [2.75, 3.05) is 0 Å². The average Bonchev–Trinajstić information content (AvgIpc) is 3.39. The van der Waals surface area contributed by atoms with Crippen molar-refractivity contribution < 1.29 is 4.74 Å². The van der Waals surface area contributed by atoms with E-state index in [1.54, 1.807) is 0 Å². The van der Waals surface area contributed by atoms with Gasteiger partial charge in [0.1, 0.15) is 11.9 Å². The molecular formula is C30H21NO. The highest BCUT2D eigenvalue weighted by Gasteiger charge is 2.32. The van der Waals surface area contributed by atoms with E-state index < -0.39 is 0 Å². The predicted octanol–water partition coefficient (Wildman–Crippen LogP) is 7.42. The van der Waals surface area contributed by atoms with Gasteiger partial charge in [0, 0.05) is 27.9 Å². The molecule has 1 aliphatic heterocycles. The lowest BCUT2D eigenvalue weighted by atomic mass is 9.92. The molecule has 4 aromatic carbocycles. The molecule has 0 bridgehead atoms. The lowest BCUT2D eigenvalue weighted by Gasteiger charge is -2.14. The predicted molar refractivity (Wildman–Crippen MR) is 132 cm³/mol. The zero-order chi connectivity index (χ0) is 21.1. The number of aromatic nitrogens is 1. The van der Waals surface area contributed by atoms with Gasteiger partial charge in [0.15, 0.2) is 0 Å². The van der Waals surface area contributed by atoms with Gasteiger partial charge in [-0.25, -0.2) is 0 Å². The maximum absolute atomic E-state index is 6.19. The van der Waals surface area contributed by atoms with E-state index in [0.717, 1.165) is 5.75 Å². The van der Waals surface area contributed by atoms with Gasteiger partial charge in [-0.2, -0.15) is 0 Å². The van der Waals surface area contributed by atoms with E-state index in [1.807, 2.05) is 0 Å². The maximum atomic E-state index is 6.19. The molecule has 7 rings (SSSR count). The lowest BCUT2D eigenvalue weighted by molar-refractivity contribution is 0.269. The molecule has 32 heavy (non-hydrogen) atoms. The Morgan fingerprint density at radius 2 is 1.44 bits per heavy atom. The molecule has 1 aliphatic carbocycles. The fourth-order valence-corrected chi connectivity index (χ4v) is 5.23. The Kier molecular flexibility index (Phi) is 3.71. The van der Waals surface area contributed by atoms with E-state index in [1.165, 1.54) is 44.2 Å². The standard InChI is InChI=1S/C30H21NO/c1-2-8-20(9-3-1)21-14-16-24-23-10-4-6-12-27(23)31(28(24)18-21)22-15-17-30-26(19-22)25-11-5-7-13-29(25)32-30/h1-19,25,29H. The van der Waals surface area contributed by atoms with Crippen molar-refractivity contribution in [1.82, 2.24) is 4.57 Å². The first-order chi connectivity index (χ1) is 15.9. The number of benzene rings is 4. The number of fused-ring (bicyclic) bond motifs is 6. The number of hydrogen-bond donors (Lipinski definition) is 0. The molecule has 2 heterocycles. The molecule has 152 valence electrons. The highest BCUT2D eigenvalue weighted by Crippen LogP contribution is 2.43. The number of hydrogen-bond acceptors (Lipinski definition) is 1. The van der Waals surface area contributed by atoms with Gasteiger partial charge in [0.25, 0.3) is 0 Å². The van der Waals surface area contributed by atoms with Crippen LogP contribution in [0, 0.1) is 0 Å².